The van der Waals surface area contributed by atoms with Gasteiger partial charge in [0.1, 0.15) is 37.4 Å². The minimum atomic E-state index is -0.472. The zero-order valence-electron chi connectivity index (χ0n) is 14.6. The first kappa shape index (κ1) is 18.1. The van der Waals surface area contributed by atoms with Crippen molar-refractivity contribution in [2.75, 3.05) is 13.2 Å². The summed E-state index contributed by atoms with van der Waals surface area (Å²) in [6, 6.07) is 12.0. The highest BCUT2D eigenvalue weighted by Crippen LogP contribution is 2.23. The highest BCUT2D eigenvalue weighted by atomic mass is 16.6. The maximum Gasteiger partial charge on any atom is 0.270 e. The molecule has 0 amide bonds. The molecule has 0 atom stereocenters. The summed E-state index contributed by atoms with van der Waals surface area (Å²) in [5, 5.41) is 22.4. The predicted octanol–water partition coefficient (Wildman–Crippen LogP) is 2.83. The molecule has 0 unspecified atom stereocenters. The van der Waals surface area contributed by atoms with Gasteiger partial charge in [-0.1, -0.05) is 17.7 Å². The van der Waals surface area contributed by atoms with Gasteiger partial charge in [-0.25, -0.2) is 4.68 Å². The van der Waals surface area contributed by atoms with E-state index in [1.165, 1.54) is 41.7 Å². The fraction of sp³-hybridized carbons (Fsp3) is 0.167. The summed E-state index contributed by atoms with van der Waals surface area (Å²) in [5.74, 6) is 1.22. The molecule has 1 heterocycles. The molecule has 0 aliphatic heterocycles. The zero-order chi connectivity index (χ0) is 19.1. The Bertz CT molecular complexity index is 923. The average Bonchev–Trinajstić information content (AvgIpc) is 3.19. The number of aromatic nitrogens is 3. The summed E-state index contributed by atoms with van der Waals surface area (Å²) >= 11 is 0. The number of hydrogen-bond acceptors (Lipinski definition) is 7. The molecular weight excluding hydrogens is 350 g/mol. The lowest BCUT2D eigenvalue weighted by molar-refractivity contribution is -0.384. The van der Waals surface area contributed by atoms with E-state index in [-0.39, 0.29) is 12.3 Å². The molecule has 9 nitrogen and oxygen atoms in total. The Hall–Kier alpha value is -3.75. The first-order valence-electron chi connectivity index (χ1n) is 8.11. The minimum absolute atomic E-state index is 0.0524. The van der Waals surface area contributed by atoms with Crippen LogP contribution >= 0.6 is 0 Å². The maximum absolute atomic E-state index is 11.0. The quantitative estimate of drug-likeness (QED) is 0.262. The first-order valence-corrected chi connectivity index (χ1v) is 8.11. The van der Waals surface area contributed by atoms with Gasteiger partial charge < -0.3 is 9.47 Å². The number of nitro benzene ring substituents is 1. The molecule has 3 rings (SSSR count). The molecule has 0 bridgehead atoms. The molecule has 2 aromatic carbocycles. The molecule has 3 aromatic rings. The van der Waals surface area contributed by atoms with Crippen LogP contribution in [0, 0.1) is 17.0 Å². The lowest BCUT2D eigenvalue weighted by Crippen LogP contribution is -2.10. The van der Waals surface area contributed by atoms with Crippen molar-refractivity contribution in [1.29, 1.82) is 0 Å². The number of hydrogen-bond donors (Lipinski definition) is 0. The third-order valence-electron chi connectivity index (χ3n) is 3.57. The summed E-state index contributed by atoms with van der Waals surface area (Å²) in [6.45, 7) is 2.62. The van der Waals surface area contributed by atoms with Gasteiger partial charge in [0.15, 0.2) is 0 Å². The van der Waals surface area contributed by atoms with Gasteiger partial charge in [-0.2, -0.15) is 5.10 Å². The van der Waals surface area contributed by atoms with Crippen LogP contribution in [-0.2, 0) is 0 Å². The molecule has 0 saturated carbocycles. The van der Waals surface area contributed by atoms with Crippen LogP contribution in [0.1, 0.15) is 11.1 Å². The van der Waals surface area contributed by atoms with Gasteiger partial charge in [0.25, 0.3) is 5.69 Å². The first-order chi connectivity index (χ1) is 13.1. The van der Waals surface area contributed by atoms with E-state index >= 15 is 0 Å². The van der Waals surface area contributed by atoms with E-state index < -0.39 is 4.92 Å². The molecular formula is C18H17N5O4. The molecule has 0 radical (unpaired) electrons. The molecule has 0 aliphatic carbocycles. The summed E-state index contributed by atoms with van der Waals surface area (Å²) in [6.07, 6.45) is 4.26. The van der Waals surface area contributed by atoms with E-state index in [1.54, 1.807) is 0 Å². The highest BCUT2D eigenvalue weighted by molar-refractivity contribution is 5.84. The van der Waals surface area contributed by atoms with Gasteiger partial charge in [0, 0.05) is 17.7 Å². The SMILES string of the molecule is Cc1ccc(OCCOc2ccc([N+](=O)[O-])cc2/C=N/n2cnnc2)cc1. The van der Waals surface area contributed by atoms with Crippen LogP contribution < -0.4 is 9.47 Å². The van der Waals surface area contributed by atoms with Crippen LogP contribution in [0.4, 0.5) is 5.69 Å². The highest BCUT2D eigenvalue weighted by Gasteiger charge is 2.11. The summed E-state index contributed by atoms with van der Waals surface area (Å²) in [7, 11) is 0. The Morgan fingerprint density at radius 3 is 2.52 bits per heavy atom. The molecule has 0 spiro atoms. The normalized spacial score (nSPS) is 10.9. The Balaban J connectivity index is 1.66. The van der Waals surface area contributed by atoms with E-state index in [0.29, 0.717) is 17.9 Å². The Kier molecular flexibility index (Phi) is 5.73. The molecule has 1 aromatic heterocycles. The maximum atomic E-state index is 11.0. The minimum Gasteiger partial charge on any atom is -0.490 e. The average molecular weight is 367 g/mol. The van der Waals surface area contributed by atoms with E-state index in [0.717, 1.165) is 11.3 Å². The Morgan fingerprint density at radius 1 is 1.11 bits per heavy atom. The van der Waals surface area contributed by atoms with Gasteiger partial charge in [0.05, 0.1) is 11.1 Å². The van der Waals surface area contributed by atoms with Crippen LogP contribution in [0.3, 0.4) is 0 Å². The summed E-state index contributed by atoms with van der Waals surface area (Å²) in [5.41, 5.74) is 1.57. The van der Waals surface area contributed by atoms with Gasteiger partial charge >= 0.3 is 0 Å². The second-order valence-electron chi connectivity index (χ2n) is 5.58. The Labute approximate surface area is 155 Å². The number of nitro groups is 1. The standard InChI is InChI=1S/C18H17N5O4/c1-14-2-5-17(6-3-14)26-8-9-27-18-7-4-16(23(24)25)10-15(18)11-21-22-12-19-20-13-22/h2-7,10-13H,8-9H2,1H3/b21-11+. The van der Waals surface area contributed by atoms with Crippen molar-refractivity contribution in [2.24, 2.45) is 5.10 Å². The fourth-order valence-electron chi connectivity index (χ4n) is 2.21. The number of nitrogens with zero attached hydrogens (tertiary/aromatic N) is 5. The van der Waals surface area contributed by atoms with Crippen LogP contribution in [-0.4, -0.2) is 39.2 Å². The molecule has 9 heteroatoms. The van der Waals surface area contributed by atoms with Crippen molar-refractivity contribution in [3.05, 3.63) is 76.4 Å². The van der Waals surface area contributed by atoms with Crippen molar-refractivity contribution >= 4 is 11.9 Å². The van der Waals surface area contributed by atoms with E-state index in [4.69, 9.17) is 9.47 Å². The lowest BCUT2D eigenvalue weighted by atomic mass is 10.2. The van der Waals surface area contributed by atoms with Crippen molar-refractivity contribution in [3.63, 3.8) is 0 Å². The molecule has 0 fully saturated rings. The van der Waals surface area contributed by atoms with Crippen LogP contribution in [0.15, 0.2) is 60.2 Å². The molecule has 0 saturated heterocycles. The second kappa shape index (κ2) is 8.56. The summed E-state index contributed by atoms with van der Waals surface area (Å²) in [4.78, 5) is 10.5. The number of rotatable bonds is 8. The molecule has 27 heavy (non-hydrogen) atoms. The lowest BCUT2D eigenvalue weighted by Gasteiger charge is -2.10. The molecule has 138 valence electrons. The van der Waals surface area contributed by atoms with E-state index in [9.17, 15) is 10.1 Å². The van der Waals surface area contributed by atoms with Crippen molar-refractivity contribution < 1.29 is 14.4 Å². The third kappa shape index (κ3) is 5.11. The topological polar surface area (TPSA) is 105 Å². The number of non-ortho nitro benzene ring substituents is 1. The van der Waals surface area contributed by atoms with Crippen molar-refractivity contribution in [2.45, 2.75) is 6.92 Å². The van der Waals surface area contributed by atoms with Gasteiger partial charge in [-0.3, -0.25) is 10.1 Å². The van der Waals surface area contributed by atoms with Gasteiger partial charge in [-0.15, -0.1) is 10.2 Å². The van der Waals surface area contributed by atoms with Crippen LogP contribution in [0.25, 0.3) is 0 Å². The predicted molar refractivity (Wildman–Crippen MR) is 98.3 cm³/mol. The van der Waals surface area contributed by atoms with Crippen molar-refractivity contribution in [3.8, 4) is 11.5 Å². The zero-order valence-corrected chi connectivity index (χ0v) is 14.6. The third-order valence-corrected chi connectivity index (χ3v) is 3.57. The monoisotopic (exact) mass is 367 g/mol. The number of benzene rings is 2. The van der Waals surface area contributed by atoms with E-state index in [2.05, 4.69) is 15.3 Å². The second-order valence-corrected chi connectivity index (χ2v) is 5.58. The van der Waals surface area contributed by atoms with Gasteiger partial charge in [-0.05, 0) is 25.1 Å². The van der Waals surface area contributed by atoms with Crippen LogP contribution in [0.2, 0.25) is 0 Å². The fourth-order valence-corrected chi connectivity index (χ4v) is 2.21. The van der Waals surface area contributed by atoms with Crippen molar-refractivity contribution in [1.82, 2.24) is 14.9 Å². The smallest absolute Gasteiger partial charge is 0.270 e. The van der Waals surface area contributed by atoms with E-state index in [1.807, 2.05) is 31.2 Å². The number of ether oxygens (including phenoxy) is 2. The van der Waals surface area contributed by atoms with Crippen LogP contribution in [0.5, 0.6) is 11.5 Å². The van der Waals surface area contributed by atoms with Gasteiger partial charge in [0.2, 0.25) is 0 Å². The molecule has 0 N–H and O–H groups in total. The summed E-state index contributed by atoms with van der Waals surface area (Å²) < 4.78 is 12.7. The Morgan fingerprint density at radius 2 is 1.81 bits per heavy atom. The largest absolute Gasteiger partial charge is 0.490 e. The number of aryl methyl sites for hydroxylation is 1. The molecule has 0 aliphatic rings.